The van der Waals surface area contributed by atoms with Gasteiger partial charge in [-0.3, -0.25) is 4.79 Å². The van der Waals surface area contributed by atoms with Crippen LogP contribution in [0.15, 0.2) is 42.7 Å². The molecule has 0 aliphatic heterocycles. The molecule has 0 radical (unpaired) electrons. The highest BCUT2D eigenvalue weighted by Gasteiger charge is 2.71. The Kier molecular flexibility index (Phi) is 10.0. The third-order valence-electron chi connectivity index (χ3n) is 9.63. The summed E-state index contributed by atoms with van der Waals surface area (Å²) in [4.78, 5) is 14.1. The van der Waals surface area contributed by atoms with Crippen molar-refractivity contribution in [1.82, 2.24) is 0 Å². The number of methoxy groups -OCH3 is 5. The summed E-state index contributed by atoms with van der Waals surface area (Å²) in [5, 5.41) is 0. The summed E-state index contributed by atoms with van der Waals surface area (Å²) in [7, 11) is 5.70. The Labute approximate surface area is 242 Å². The van der Waals surface area contributed by atoms with Crippen molar-refractivity contribution in [3.63, 3.8) is 0 Å². The van der Waals surface area contributed by atoms with Crippen molar-refractivity contribution >= 4 is 14.1 Å². The van der Waals surface area contributed by atoms with Crippen LogP contribution < -0.4 is 9.47 Å². The summed E-state index contributed by atoms with van der Waals surface area (Å²) in [5.74, 6) is -0.339. The van der Waals surface area contributed by atoms with Crippen molar-refractivity contribution in [3.05, 3.63) is 48.3 Å². The maximum absolute atomic E-state index is 14.1. The molecule has 2 aliphatic carbocycles. The van der Waals surface area contributed by atoms with Gasteiger partial charge in [-0.05, 0) is 47.2 Å². The average Bonchev–Trinajstić information content (AvgIpc) is 2.92. The predicted molar refractivity (Wildman–Crippen MR) is 160 cm³/mol. The van der Waals surface area contributed by atoms with E-state index < -0.39 is 25.4 Å². The summed E-state index contributed by atoms with van der Waals surface area (Å²) in [6, 6.07) is 5.97. The second-order valence-corrected chi connectivity index (χ2v) is 17.5. The van der Waals surface area contributed by atoms with E-state index in [1.807, 2.05) is 18.2 Å². The van der Waals surface area contributed by atoms with Gasteiger partial charge in [0.1, 0.15) is 5.76 Å². The monoisotopic (exact) mass is 574 g/mol. The molecule has 8 heteroatoms. The number of ketones is 1. The minimum Gasteiger partial charge on any atom is -0.500 e. The van der Waals surface area contributed by atoms with E-state index in [0.29, 0.717) is 46.7 Å². The number of carbonyl (C=O) groups excluding carboxylic acids is 1. The average molecular weight is 575 g/mol. The van der Waals surface area contributed by atoms with Crippen molar-refractivity contribution in [2.75, 3.05) is 35.5 Å². The fraction of sp³-hybridized carbons (Fsp3) is 0.656. The third kappa shape index (κ3) is 4.74. The van der Waals surface area contributed by atoms with Gasteiger partial charge in [-0.15, -0.1) is 6.58 Å². The summed E-state index contributed by atoms with van der Waals surface area (Å²) < 4.78 is 37.4. The van der Waals surface area contributed by atoms with Crippen LogP contribution in [-0.4, -0.2) is 61.5 Å². The SMILES string of the molecule is C=CC[C@]12C[C@H](O[Si](C(C)C)(C(C)C)C(C)C)[C@@H](c3ccc(OC)c(OC)c3)[C@H](C(OC)=CC1=O)C2(OC)OC. The second-order valence-electron chi connectivity index (χ2n) is 12.1. The van der Waals surface area contributed by atoms with Gasteiger partial charge in [0.25, 0.3) is 0 Å². The predicted octanol–water partition coefficient (Wildman–Crippen LogP) is 7.03. The van der Waals surface area contributed by atoms with Crippen molar-refractivity contribution in [2.45, 2.75) is 88.8 Å². The quantitative estimate of drug-likeness (QED) is 0.142. The second kappa shape index (κ2) is 12.4. The van der Waals surface area contributed by atoms with Gasteiger partial charge in [0, 0.05) is 26.2 Å². The minimum absolute atomic E-state index is 0.0885. The van der Waals surface area contributed by atoms with Gasteiger partial charge in [-0.25, -0.2) is 0 Å². The van der Waals surface area contributed by atoms with Crippen LogP contribution in [0.4, 0.5) is 0 Å². The molecule has 2 aliphatic rings. The van der Waals surface area contributed by atoms with Crippen LogP contribution in [0.5, 0.6) is 11.5 Å². The molecule has 3 rings (SSSR count). The number of rotatable bonds is 13. The van der Waals surface area contributed by atoms with Gasteiger partial charge in [0.15, 0.2) is 23.1 Å². The van der Waals surface area contributed by atoms with Crippen molar-refractivity contribution < 1.29 is 32.9 Å². The first-order valence-corrected chi connectivity index (χ1v) is 16.5. The lowest BCUT2D eigenvalue weighted by Crippen LogP contribution is -2.70. The van der Waals surface area contributed by atoms with E-state index in [2.05, 4.69) is 48.1 Å². The summed E-state index contributed by atoms with van der Waals surface area (Å²) in [6.07, 6.45) is 3.91. The van der Waals surface area contributed by atoms with E-state index in [1.54, 1.807) is 47.7 Å². The highest BCUT2D eigenvalue weighted by Crippen LogP contribution is 2.64. The van der Waals surface area contributed by atoms with Crippen LogP contribution in [-0.2, 0) is 23.4 Å². The van der Waals surface area contributed by atoms with Crippen LogP contribution in [0.25, 0.3) is 0 Å². The highest BCUT2D eigenvalue weighted by molar-refractivity contribution is 6.77. The number of ether oxygens (including phenoxy) is 5. The largest absolute Gasteiger partial charge is 0.500 e. The first-order chi connectivity index (χ1) is 18.9. The van der Waals surface area contributed by atoms with E-state index in [9.17, 15) is 4.79 Å². The lowest BCUT2D eigenvalue weighted by atomic mass is 9.52. The molecule has 0 N–H and O–H groups in total. The highest BCUT2D eigenvalue weighted by atomic mass is 28.4. The number of hydrogen-bond donors (Lipinski definition) is 0. The van der Waals surface area contributed by atoms with E-state index in [0.717, 1.165) is 5.56 Å². The lowest BCUT2D eigenvalue weighted by Gasteiger charge is -2.61. The first kappa shape index (κ1) is 32.4. The topological polar surface area (TPSA) is 72.5 Å². The molecule has 1 saturated carbocycles. The molecule has 40 heavy (non-hydrogen) atoms. The van der Waals surface area contributed by atoms with Crippen LogP contribution in [0.2, 0.25) is 16.6 Å². The zero-order valence-corrected chi connectivity index (χ0v) is 27.3. The molecule has 7 nitrogen and oxygen atoms in total. The van der Waals surface area contributed by atoms with Crippen molar-refractivity contribution in [2.24, 2.45) is 11.3 Å². The smallest absolute Gasteiger partial charge is 0.200 e. The molecule has 0 aromatic heterocycles. The lowest BCUT2D eigenvalue weighted by molar-refractivity contribution is -0.321. The van der Waals surface area contributed by atoms with Crippen LogP contribution >= 0.6 is 0 Å². The number of allylic oxidation sites excluding steroid dienone is 2. The Morgan fingerprint density at radius 2 is 1.50 bits per heavy atom. The van der Waals surface area contributed by atoms with E-state index >= 15 is 0 Å². The van der Waals surface area contributed by atoms with E-state index in [1.165, 1.54) is 0 Å². The van der Waals surface area contributed by atoms with Crippen molar-refractivity contribution in [1.29, 1.82) is 0 Å². The van der Waals surface area contributed by atoms with Crippen LogP contribution in [0.1, 0.15) is 65.9 Å². The summed E-state index contributed by atoms with van der Waals surface area (Å²) in [5.41, 5.74) is 1.03. The fourth-order valence-electron chi connectivity index (χ4n) is 8.09. The Morgan fingerprint density at radius 1 is 0.925 bits per heavy atom. The van der Waals surface area contributed by atoms with Gasteiger partial charge < -0.3 is 28.1 Å². The molecule has 0 amide bonds. The fourth-order valence-corrected chi connectivity index (χ4v) is 13.7. The Balaban J connectivity index is 2.42. The molecule has 0 spiro atoms. The molecule has 1 aromatic rings. The van der Waals surface area contributed by atoms with Gasteiger partial charge in [0.2, 0.25) is 8.32 Å². The van der Waals surface area contributed by atoms with Gasteiger partial charge >= 0.3 is 0 Å². The summed E-state index contributed by atoms with van der Waals surface area (Å²) >= 11 is 0. The number of benzene rings is 1. The molecule has 2 bridgehead atoms. The number of hydrogen-bond acceptors (Lipinski definition) is 7. The Bertz CT molecular complexity index is 1070. The zero-order chi connectivity index (χ0) is 30.0. The molecule has 1 aromatic carbocycles. The normalized spacial score (nSPS) is 26.2. The summed E-state index contributed by atoms with van der Waals surface area (Å²) in [6.45, 7) is 17.7. The third-order valence-corrected chi connectivity index (χ3v) is 15.8. The molecule has 224 valence electrons. The van der Waals surface area contributed by atoms with Crippen LogP contribution in [0.3, 0.4) is 0 Å². The van der Waals surface area contributed by atoms with Gasteiger partial charge in [-0.1, -0.05) is 53.7 Å². The molecular formula is C32H50O7Si. The maximum Gasteiger partial charge on any atom is 0.200 e. The first-order valence-electron chi connectivity index (χ1n) is 14.3. The maximum atomic E-state index is 14.1. The zero-order valence-electron chi connectivity index (χ0n) is 26.3. The molecule has 0 saturated heterocycles. The molecule has 0 heterocycles. The van der Waals surface area contributed by atoms with E-state index in [-0.39, 0.29) is 17.8 Å². The Hall–Kier alpha value is -2.13. The van der Waals surface area contributed by atoms with Crippen LogP contribution in [0, 0.1) is 11.3 Å². The van der Waals surface area contributed by atoms with Gasteiger partial charge in [-0.2, -0.15) is 0 Å². The molecule has 0 unspecified atom stereocenters. The van der Waals surface area contributed by atoms with Crippen molar-refractivity contribution in [3.8, 4) is 11.5 Å². The molecular weight excluding hydrogens is 524 g/mol. The molecule has 1 fully saturated rings. The van der Waals surface area contributed by atoms with E-state index in [4.69, 9.17) is 28.1 Å². The van der Waals surface area contributed by atoms with Gasteiger partial charge in [0.05, 0.1) is 38.8 Å². The number of carbonyl (C=O) groups is 1. The Morgan fingerprint density at radius 3 is 1.95 bits per heavy atom. The standard InChI is InChI=1S/C32H50O7Si/c1-13-16-31-19-27(39-40(20(2)3,21(4)5)22(6)7)29(23-14-15-24(34-8)25(17-23)35-9)30(32(31,37-11)38-12)26(36-10)18-28(31)33/h13-15,17-18,20-22,27,29-30H,1,16,19H2,2-12H3/t27-,29+,30-,31-/m0/s1. The minimum atomic E-state index is -2.39. The molecule has 4 atom stereocenters. The number of fused-ring (bicyclic) bond motifs is 2.